The number of carbonyl (C=O) groups excluding carboxylic acids is 2. The van der Waals surface area contributed by atoms with E-state index in [9.17, 15) is 14.7 Å². The topological polar surface area (TPSA) is 100 Å². The third-order valence-corrected chi connectivity index (χ3v) is 4.58. The second kappa shape index (κ2) is 8.24. The smallest absolute Gasteiger partial charge is 0.411 e. The molecule has 0 bridgehead atoms. The van der Waals surface area contributed by atoms with E-state index >= 15 is 0 Å². The molecule has 0 spiro atoms. The Morgan fingerprint density at radius 3 is 2.42 bits per heavy atom. The molecule has 1 aliphatic heterocycles. The molecule has 1 heterocycles. The molecule has 9 nitrogen and oxygen atoms in total. The average Bonchev–Trinajstić information content (AvgIpc) is 2.59. The molecular formula is C17H27N4O5+. The van der Waals surface area contributed by atoms with Gasteiger partial charge in [-0.25, -0.2) is 4.79 Å². The molecular weight excluding hydrogens is 340 g/mol. The van der Waals surface area contributed by atoms with Gasteiger partial charge < -0.3 is 24.4 Å². The number of amides is 2. The van der Waals surface area contributed by atoms with Crippen LogP contribution in [0.2, 0.25) is 0 Å². The molecule has 144 valence electrons. The van der Waals surface area contributed by atoms with E-state index in [0.29, 0.717) is 22.5 Å². The van der Waals surface area contributed by atoms with Crippen LogP contribution in [0.15, 0.2) is 12.1 Å². The zero-order valence-corrected chi connectivity index (χ0v) is 15.7. The van der Waals surface area contributed by atoms with E-state index in [-0.39, 0.29) is 17.3 Å². The van der Waals surface area contributed by atoms with E-state index in [1.807, 2.05) is 0 Å². The van der Waals surface area contributed by atoms with Gasteiger partial charge in [0.25, 0.3) is 5.91 Å². The summed E-state index contributed by atoms with van der Waals surface area (Å²) in [5, 5.41) is 15.2. The molecule has 2 rings (SSSR count). The zero-order valence-electron chi connectivity index (χ0n) is 15.7. The third kappa shape index (κ3) is 4.99. The largest absolute Gasteiger partial charge is 0.506 e. The summed E-state index contributed by atoms with van der Waals surface area (Å²) < 4.78 is 10.4. The Morgan fingerprint density at radius 2 is 1.85 bits per heavy atom. The van der Waals surface area contributed by atoms with Crippen LogP contribution in [-0.2, 0) is 9.53 Å². The second-order valence-corrected chi connectivity index (χ2v) is 6.76. The molecule has 0 saturated carbocycles. The van der Waals surface area contributed by atoms with E-state index in [1.54, 1.807) is 0 Å². The van der Waals surface area contributed by atoms with Crippen molar-refractivity contribution in [2.75, 3.05) is 71.7 Å². The summed E-state index contributed by atoms with van der Waals surface area (Å²) in [5.41, 5.74) is 0.468. The van der Waals surface area contributed by atoms with Gasteiger partial charge in [-0.3, -0.25) is 15.0 Å². The Labute approximate surface area is 153 Å². The molecule has 3 N–H and O–H groups in total. The maximum Gasteiger partial charge on any atom is 0.411 e. The Bertz CT molecular complexity index is 671. The molecule has 0 aliphatic carbocycles. The van der Waals surface area contributed by atoms with Gasteiger partial charge in [0, 0.05) is 25.2 Å². The molecule has 0 radical (unpaired) electrons. The number of benzene rings is 1. The van der Waals surface area contributed by atoms with Gasteiger partial charge in [-0.15, -0.1) is 0 Å². The molecule has 1 aromatic carbocycles. The van der Waals surface area contributed by atoms with Crippen LogP contribution in [0.4, 0.5) is 16.2 Å². The molecule has 0 unspecified atom stereocenters. The summed E-state index contributed by atoms with van der Waals surface area (Å²) >= 11 is 0. The first-order chi connectivity index (χ1) is 12.3. The second-order valence-electron chi connectivity index (χ2n) is 6.76. The number of anilines is 2. The number of aromatic hydroxyl groups is 1. The minimum Gasteiger partial charge on any atom is -0.506 e. The number of nitrogens with zero attached hydrogens (tertiary/aromatic N) is 2. The molecule has 1 fully saturated rings. The van der Waals surface area contributed by atoms with Gasteiger partial charge in [0.1, 0.15) is 11.5 Å². The van der Waals surface area contributed by atoms with E-state index in [1.165, 1.54) is 26.4 Å². The molecule has 1 aliphatic rings. The van der Waals surface area contributed by atoms with Crippen molar-refractivity contribution in [1.82, 2.24) is 4.90 Å². The van der Waals surface area contributed by atoms with Crippen LogP contribution < -0.4 is 15.4 Å². The average molecular weight is 367 g/mol. The highest BCUT2D eigenvalue weighted by molar-refractivity contribution is 5.95. The number of methoxy groups -OCH3 is 2. The SMILES string of the molecule is COC(=O)Nc1cc(OC)c(NC(=O)C[N+]2(C)CCN(C)CC2)cc1O. The fourth-order valence-electron chi connectivity index (χ4n) is 2.84. The number of quaternary nitrogens is 1. The monoisotopic (exact) mass is 367 g/mol. The Balaban J connectivity index is 2.09. The maximum atomic E-state index is 12.5. The standard InChI is InChI=1S/C17H26N4O5/c1-20-5-7-21(2,8-6-20)11-16(23)18-13-9-14(22)12(10-15(13)25-3)19-17(24)26-4/h9-10H,5-8,11H2,1-4H3,(H2-,18,19,22,23,24)/p+1. The van der Waals surface area contributed by atoms with E-state index < -0.39 is 6.09 Å². The van der Waals surface area contributed by atoms with Gasteiger partial charge in [0.15, 0.2) is 6.54 Å². The van der Waals surface area contributed by atoms with Gasteiger partial charge in [0.05, 0.1) is 45.7 Å². The third-order valence-electron chi connectivity index (χ3n) is 4.58. The molecule has 9 heteroatoms. The highest BCUT2D eigenvalue weighted by Gasteiger charge is 2.30. The number of carbonyl (C=O) groups is 2. The van der Waals surface area contributed by atoms with Gasteiger partial charge >= 0.3 is 6.09 Å². The van der Waals surface area contributed by atoms with E-state index in [0.717, 1.165) is 26.2 Å². The number of phenols is 1. The van der Waals surface area contributed by atoms with E-state index in [4.69, 9.17) is 4.74 Å². The predicted octanol–water partition coefficient (Wildman–Crippen LogP) is 0.910. The predicted molar refractivity (Wildman–Crippen MR) is 97.6 cm³/mol. The summed E-state index contributed by atoms with van der Waals surface area (Å²) in [7, 11) is 6.80. The highest BCUT2D eigenvalue weighted by Crippen LogP contribution is 2.35. The number of hydrogen-bond donors (Lipinski definition) is 3. The number of phenolic OH excluding ortho intramolecular Hbond substituents is 1. The lowest BCUT2D eigenvalue weighted by atomic mass is 10.2. The number of rotatable bonds is 5. The van der Waals surface area contributed by atoms with Crippen molar-refractivity contribution >= 4 is 23.4 Å². The molecule has 1 aromatic rings. The zero-order chi connectivity index (χ0) is 19.3. The molecule has 1 saturated heterocycles. The van der Waals surface area contributed by atoms with Gasteiger partial charge in [-0.1, -0.05) is 0 Å². The first-order valence-corrected chi connectivity index (χ1v) is 8.34. The summed E-state index contributed by atoms with van der Waals surface area (Å²) in [6, 6.07) is 2.76. The first kappa shape index (κ1) is 19.8. The molecule has 0 aromatic heterocycles. The van der Waals surface area contributed by atoms with Crippen molar-refractivity contribution in [3.63, 3.8) is 0 Å². The summed E-state index contributed by atoms with van der Waals surface area (Å²) in [6.07, 6.45) is -0.716. The van der Waals surface area contributed by atoms with Crippen molar-refractivity contribution in [1.29, 1.82) is 0 Å². The molecule has 2 amide bonds. The highest BCUT2D eigenvalue weighted by atomic mass is 16.5. The minimum absolute atomic E-state index is 0.129. The Hall–Kier alpha value is -2.52. The number of likely N-dealkylation sites (N-methyl/N-ethyl adjacent to an activating group) is 2. The fraction of sp³-hybridized carbons (Fsp3) is 0.529. The molecule has 0 atom stereocenters. The normalized spacial score (nSPS) is 16.6. The van der Waals surface area contributed by atoms with Crippen molar-refractivity contribution in [3.05, 3.63) is 12.1 Å². The Kier molecular flexibility index (Phi) is 6.27. The van der Waals surface area contributed by atoms with Crippen LogP contribution >= 0.6 is 0 Å². The quantitative estimate of drug-likeness (QED) is 0.528. The summed E-state index contributed by atoms with van der Waals surface area (Å²) in [4.78, 5) is 26.0. The van der Waals surface area contributed by atoms with Crippen molar-refractivity contribution in [2.45, 2.75) is 0 Å². The Morgan fingerprint density at radius 1 is 1.19 bits per heavy atom. The van der Waals surface area contributed by atoms with Gasteiger partial charge in [0.2, 0.25) is 0 Å². The number of hydrogen-bond acceptors (Lipinski definition) is 6. The van der Waals surface area contributed by atoms with Crippen LogP contribution in [0.5, 0.6) is 11.5 Å². The summed E-state index contributed by atoms with van der Waals surface area (Å²) in [5.74, 6) is -0.0430. The number of piperazine rings is 1. The lowest BCUT2D eigenvalue weighted by molar-refractivity contribution is -0.905. The lowest BCUT2D eigenvalue weighted by Crippen LogP contribution is -2.58. The fourth-order valence-corrected chi connectivity index (χ4v) is 2.84. The van der Waals surface area contributed by atoms with Crippen LogP contribution in [0, 0.1) is 0 Å². The first-order valence-electron chi connectivity index (χ1n) is 8.34. The summed E-state index contributed by atoms with van der Waals surface area (Å²) in [6.45, 7) is 4.02. The van der Waals surface area contributed by atoms with Crippen LogP contribution in [0.1, 0.15) is 0 Å². The van der Waals surface area contributed by atoms with Crippen molar-refractivity contribution in [2.24, 2.45) is 0 Å². The van der Waals surface area contributed by atoms with Crippen LogP contribution in [0.3, 0.4) is 0 Å². The lowest BCUT2D eigenvalue weighted by Gasteiger charge is -2.40. The van der Waals surface area contributed by atoms with Crippen LogP contribution in [0.25, 0.3) is 0 Å². The molecule has 26 heavy (non-hydrogen) atoms. The number of ether oxygens (including phenoxy) is 2. The van der Waals surface area contributed by atoms with E-state index in [2.05, 4.69) is 34.4 Å². The maximum absolute atomic E-state index is 12.5. The van der Waals surface area contributed by atoms with Crippen molar-refractivity contribution in [3.8, 4) is 11.5 Å². The van der Waals surface area contributed by atoms with Gasteiger partial charge in [-0.2, -0.15) is 0 Å². The van der Waals surface area contributed by atoms with Gasteiger partial charge in [-0.05, 0) is 7.05 Å². The minimum atomic E-state index is -0.716. The number of nitrogens with one attached hydrogen (secondary N) is 2. The van der Waals surface area contributed by atoms with Crippen molar-refractivity contribution < 1.29 is 28.7 Å². The van der Waals surface area contributed by atoms with Crippen LogP contribution in [-0.4, -0.2) is 87.5 Å².